The van der Waals surface area contributed by atoms with Gasteiger partial charge >= 0.3 is 5.97 Å². The molecule has 1 aromatic carbocycles. The van der Waals surface area contributed by atoms with E-state index in [0.29, 0.717) is 5.56 Å². The Bertz CT molecular complexity index is 642. The Kier molecular flexibility index (Phi) is 3.36. The molecule has 1 N–H and O–H groups in total. The van der Waals surface area contributed by atoms with E-state index in [0.717, 1.165) is 31.7 Å². The fourth-order valence-electron chi connectivity index (χ4n) is 2.77. The van der Waals surface area contributed by atoms with Gasteiger partial charge < -0.3 is 19.5 Å². The minimum Gasteiger partial charge on any atom is -0.465 e. The van der Waals surface area contributed by atoms with E-state index in [1.165, 1.54) is 18.2 Å². The summed E-state index contributed by atoms with van der Waals surface area (Å²) in [5, 5.41) is 4.54. The average Bonchev–Trinajstić information content (AvgIpc) is 2.84. The third-order valence-corrected chi connectivity index (χ3v) is 3.85. The summed E-state index contributed by atoms with van der Waals surface area (Å²) < 4.78 is 6.85. The number of nitrogens with zero attached hydrogens (tertiary/aromatic N) is 2. The smallest absolute Gasteiger partial charge is 0.337 e. The molecule has 1 saturated heterocycles. The van der Waals surface area contributed by atoms with E-state index in [9.17, 15) is 4.79 Å². The highest BCUT2D eigenvalue weighted by Gasteiger charge is 2.17. The topological polar surface area (TPSA) is 46.5 Å². The normalized spacial score (nSPS) is 15.6. The second kappa shape index (κ2) is 5.17. The molecule has 0 amide bonds. The standard InChI is InChI=1S/C15H19N3O2/c1-17-10-14(18-7-5-16-6-8-18)12-4-3-11(9-13(12)17)15(19)20-2/h3-4,9-10,16H,5-8H2,1-2H3. The molecule has 0 aliphatic carbocycles. The molecule has 3 rings (SSSR count). The first-order valence-electron chi connectivity index (χ1n) is 6.84. The molecule has 1 aliphatic rings. The number of esters is 1. The number of fused-ring (bicyclic) bond motifs is 1. The minimum absolute atomic E-state index is 0.295. The number of piperazine rings is 1. The fraction of sp³-hybridized carbons (Fsp3) is 0.400. The third-order valence-electron chi connectivity index (χ3n) is 3.85. The molecule has 0 unspecified atom stereocenters. The lowest BCUT2D eigenvalue weighted by Crippen LogP contribution is -2.43. The predicted octanol–water partition coefficient (Wildman–Crippen LogP) is 1.37. The van der Waals surface area contributed by atoms with Crippen molar-refractivity contribution >= 4 is 22.6 Å². The zero-order valence-electron chi connectivity index (χ0n) is 11.8. The first kappa shape index (κ1) is 13.0. The van der Waals surface area contributed by atoms with E-state index < -0.39 is 0 Å². The number of aromatic nitrogens is 1. The second-order valence-electron chi connectivity index (χ2n) is 5.09. The zero-order chi connectivity index (χ0) is 14.1. The highest BCUT2D eigenvalue weighted by molar-refractivity contribution is 5.99. The van der Waals surface area contributed by atoms with Gasteiger partial charge in [0, 0.05) is 44.8 Å². The molecular formula is C15H19N3O2. The van der Waals surface area contributed by atoms with Crippen molar-refractivity contribution in [3.8, 4) is 0 Å². The molecule has 20 heavy (non-hydrogen) atoms. The number of benzene rings is 1. The van der Waals surface area contributed by atoms with E-state index in [-0.39, 0.29) is 5.97 Å². The Morgan fingerprint density at radius 3 is 2.75 bits per heavy atom. The molecule has 0 spiro atoms. The van der Waals surface area contributed by atoms with Gasteiger partial charge in [-0.1, -0.05) is 0 Å². The zero-order valence-corrected chi connectivity index (χ0v) is 11.8. The molecule has 5 heteroatoms. The van der Waals surface area contributed by atoms with E-state index in [1.807, 2.05) is 25.2 Å². The lowest BCUT2D eigenvalue weighted by atomic mass is 10.1. The number of rotatable bonds is 2. The monoisotopic (exact) mass is 273 g/mol. The Balaban J connectivity index is 2.05. The van der Waals surface area contributed by atoms with Crippen molar-refractivity contribution in [2.75, 3.05) is 38.2 Å². The molecule has 0 radical (unpaired) electrons. The summed E-state index contributed by atoms with van der Waals surface area (Å²) in [6, 6.07) is 5.74. The van der Waals surface area contributed by atoms with Crippen molar-refractivity contribution in [1.29, 1.82) is 0 Å². The third kappa shape index (κ3) is 2.14. The molecule has 1 aromatic heterocycles. The first-order chi connectivity index (χ1) is 9.70. The van der Waals surface area contributed by atoms with E-state index in [1.54, 1.807) is 0 Å². The number of methoxy groups -OCH3 is 1. The van der Waals surface area contributed by atoms with Gasteiger partial charge in [0.25, 0.3) is 0 Å². The van der Waals surface area contributed by atoms with Gasteiger partial charge in [-0.15, -0.1) is 0 Å². The Hall–Kier alpha value is -2.01. The van der Waals surface area contributed by atoms with Crippen LogP contribution in [0.25, 0.3) is 10.9 Å². The second-order valence-corrected chi connectivity index (χ2v) is 5.09. The van der Waals surface area contributed by atoms with Gasteiger partial charge in [0.1, 0.15) is 0 Å². The summed E-state index contributed by atoms with van der Waals surface area (Å²) in [7, 11) is 3.42. The molecule has 5 nitrogen and oxygen atoms in total. The number of anilines is 1. The van der Waals surface area contributed by atoms with Crippen molar-refractivity contribution < 1.29 is 9.53 Å². The van der Waals surface area contributed by atoms with Gasteiger partial charge in [0.05, 0.1) is 23.9 Å². The summed E-state index contributed by atoms with van der Waals surface area (Å²) in [6.07, 6.45) is 2.14. The quantitative estimate of drug-likeness (QED) is 0.840. The van der Waals surface area contributed by atoms with Gasteiger partial charge in [-0.25, -0.2) is 4.79 Å². The lowest BCUT2D eigenvalue weighted by Gasteiger charge is -2.28. The SMILES string of the molecule is COC(=O)c1ccc2c(N3CCNCC3)cn(C)c2c1. The average molecular weight is 273 g/mol. The minimum atomic E-state index is -0.295. The molecule has 1 fully saturated rings. The van der Waals surface area contributed by atoms with Gasteiger partial charge in [-0.05, 0) is 18.2 Å². The van der Waals surface area contributed by atoms with E-state index >= 15 is 0 Å². The largest absolute Gasteiger partial charge is 0.465 e. The van der Waals surface area contributed by atoms with Crippen LogP contribution in [0.5, 0.6) is 0 Å². The van der Waals surface area contributed by atoms with Gasteiger partial charge in [0.2, 0.25) is 0 Å². The van der Waals surface area contributed by atoms with Gasteiger partial charge in [-0.3, -0.25) is 0 Å². The maximum Gasteiger partial charge on any atom is 0.337 e. The molecule has 2 heterocycles. The Morgan fingerprint density at radius 2 is 2.05 bits per heavy atom. The summed E-state index contributed by atoms with van der Waals surface area (Å²) >= 11 is 0. The number of ether oxygens (including phenoxy) is 1. The van der Waals surface area contributed by atoms with Crippen LogP contribution in [0.1, 0.15) is 10.4 Å². The van der Waals surface area contributed by atoms with E-state index in [2.05, 4.69) is 21.0 Å². The van der Waals surface area contributed by atoms with E-state index in [4.69, 9.17) is 4.74 Å². The molecule has 0 bridgehead atoms. The van der Waals surface area contributed by atoms with Crippen molar-refractivity contribution in [2.24, 2.45) is 7.05 Å². The van der Waals surface area contributed by atoms with Crippen molar-refractivity contribution in [3.63, 3.8) is 0 Å². The van der Waals surface area contributed by atoms with Crippen LogP contribution < -0.4 is 10.2 Å². The Morgan fingerprint density at radius 1 is 1.30 bits per heavy atom. The van der Waals surface area contributed by atoms with Crippen molar-refractivity contribution in [3.05, 3.63) is 30.0 Å². The molecule has 0 saturated carbocycles. The van der Waals surface area contributed by atoms with Gasteiger partial charge in [0.15, 0.2) is 0 Å². The number of nitrogens with one attached hydrogen (secondary N) is 1. The highest BCUT2D eigenvalue weighted by Crippen LogP contribution is 2.29. The van der Waals surface area contributed by atoms with Crippen LogP contribution in [0.15, 0.2) is 24.4 Å². The van der Waals surface area contributed by atoms with Crippen LogP contribution in [-0.2, 0) is 11.8 Å². The maximum atomic E-state index is 11.6. The maximum absolute atomic E-state index is 11.6. The molecule has 0 atom stereocenters. The van der Waals surface area contributed by atoms with Crippen molar-refractivity contribution in [2.45, 2.75) is 0 Å². The molecule has 1 aliphatic heterocycles. The number of hydrogen-bond acceptors (Lipinski definition) is 4. The molecule has 2 aromatic rings. The van der Waals surface area contributed by atoms with Gasteiger partial charge in [-0.2, -0.15) is 0 Å². The summed E-state index contributed by atoms with van der Waals surface area (Å²) in [5.74, 6) is -0.295. The summed E-state index contributed by atoms with van der Waals surface area (Å²) in [6.45, 7) is 4.04. The van der Waals surface area contributed by atoms with Crippen LogP contribution in [0.3, 0.4) is 0 Å². The van der Waals surface area contributed by atoms with Crippen LogP contribution in [0.2, 0.25) is 0 Å². The molecular weight excluding hydrogens is 254 g/mol. The lowest BCUT2D eigenvalue weighted by molar-refractivity contribution is 0.0601. The fourth-order valence-corrected chi connectivity index (χ4v) is 2.77. The summed E-state index contributed by atoms with van der Waals surface area (Å²) in [4.78, 5) is 14.0. The number of aryl methyl sites for hydroxylation is 1. The number of carbonyl (C=O) groups is 1. The highest BCUT2D eigenvalue weighted by atomic mass is 16.5. The van der Waals surface area contributed by atoms with Crippen LogP contribution in [-0.4, -0.2) is 43.8 Å². The van der Waals surface area contributed by atoms with Crippen LogP contribution >= 0.6 is 0 Å². The van der Waals surface area contributed by atoms with Crippen molar-refractivity contribution in [1.82, 2.24) is 9.88 Å². The summed E-state index contributed by atoms with van der Waals surface area (Å²) in [5.41, 5.74) is 2.88. The van der Waals surface area contributed by atoms with Crippen LogP contribution in [0, 0.1) is 0 Å². The first-order valence-corrected chi connectivity index (χ1v) is 6.84. The number of hydrogen-bond donors (Lipinski definition) is 1. The Labute approximate surface area is 118 Å². The number of carbonyl (C=O) groups excluding carboxylic acids is 1. The molecule has 106 valence electrons. The predicted molar refractivity (Wildman–Crippen MR) is 79.3 cm³/mol. The van der Waals surface area contributed by atoms with Crippen LogP contribution in [0.4, 0.5) is 5.69 Å².